The van der Waals surface area contributed by atoms with Gasteiger partial charge < -0.3 is 15.0 Å². The second kappa shape index (κ2) is 8.18. The van der Waals surface area contributed by atoms with E-state index in [2.05, 4.69) is 15.2 Å². The summed E-state index contributed by atoms with van der Waals surface area (Å²) in [7, 11) is 0. The van der Waals surface area contributed by atoms with E-state index in [9.17, 15) is 14.7 Å². The first kappa shape index (κ1) is 21.3. The highest BCUT2D eigenvalue weighted by Crippen LogP contribution is 2.42. The Bertz CT molecular complexity index is 1660. The van der Waals surface area contributed by atoms with Crippen molar-refractivity contribution in [2.24, 2.45) is 0 Å². The SMILES string of the molecule is O=C1NC(=O)c2c1c(-c1ccccc1Cl)cc1c2c2cc(O)ccc2n1CCNc1ccccc1. The molecule has 0 saturated heterocycles. The van der Waals surface area contributed by atoms with Crippen LogP contribution in [0.5, 0.6) is 5.75 Å². The number of carbonyl (C=O) groups excluding carboxylic acids is 2. The Kier molecular flexibility index (Phi) is 4.97. The van der Waals surface area contributed by atoms with E-state index < -0.39 is 11.8 Å². The highest BCUT2D eigenvalue weighted by molar-refractivity contribution is 6.36. The number of amides is 2. The van der Waals surface area contributed by atoms with Crippen molar-refractivity contribution in [2.45, 2.75) is 6.54 Å². The number of para-hydroxylation sites is 1. The topological polar surface area (TPSA) is 83.4 Å². The van der Waals surface area contributed by atoms with Gasteiger partial charge in [-0.1, -0.05) is 48.0 Å². The highest BCUT2D eigenvalue weighted by Gasteiger charge is 2.34. The first-order valence-electron chi connectivity index (χ1n) is 11.2. The number of nitrogens with zero attached hydrogens (tertiary/aromatic N) is 1. The van der Waals surface area contributed by atoms with Crippen LogP contribution in [-0.4, -0.2) is 28.0 Å². The summed E-state index contributed by atoms with van der Waals surface area (Å²) in [6.45, 7) is 1.23. The summed E-state index contributed by atoms with van der Waals surface area (Å²) in [5.74, 6) is -0.810. The van der Waals surface area contributed by atoms with Crippen LogP contribution < -0.4 is 10.6 Å². The summed E-state index contributed by atoms with van der Waals surface area (Å²) in [4.78, 5) is 26.0. The van der Waals surface area contributed by atoms with Gasteiger partial charge in [0.15, 0.2) is 0 Å². The van der Waals surface area contributed by atoms with Gasteiger partial charge in [-0.3, -0.25) is 14.9 Å². The first-order chi connectivity index (χ1) is 17.0. The molecule has 1 aliphatic rings. The number of rotatable bonds is 5. The lowest BCUT2D eigenvalue weighted by Crippen LogP contribution is -2.20. The van der Waals surface area contributed by atoms with Gasteiger partial charge in [-0.05, 0) is 48.0 Å². The standard InChI is InChI=1S/C28H20ClN3O3/c29-21-9-5-4-8-18(21)19-15-23-24(26-25(19)27(34)31-28(26)35)20-14-17(33)10-11-22(20)32(23)13-12-30-16-6-2-1-3-7-16/h1-11,14-15,30,33H,12-13H2,(H,31,34,35). The zero-order valence-electron chi connectivity index (χ0n) is 18.5. The van der Waals surface area contributed by atoms with Gasteiger partial charge in [0.2, 0.25) is 0 Å². The van der Waals surface area contributed by atoms with Crippen molar-refractivity contribution in [3.63, 3.8) is 0 Å². The van der Waals surface area contributed by atoms with Crippen LogP contribution in [0.2, 0.25) is 5.02 Å². The Morgan fingerprint density at radius 2 is 1.57 bits per heavy atom. The van der Waals surface area contributed by atoms with E-state index in [1.54, 1.807) is 18.2 Å². The summed E-state index contributed by atoms with van der Waals surface area (Å²) in [6, 6.07) is 24.2. The molecule has 0 radical (unpaired) electrons. The quantitative estimate of drug-likeness (QED) is 0.276. The van der Waals surface area contributed by atoms with Crippen molar-refractivity contribution < 1.29 is 14.7 Å². The fourth-order valence-corrected chi connectivity index (χ4v) is 5.17. The molecule has 0 aliphatic carbocycles. The number of nitrogens with one attached hydrogen (secondary N) is 2. The lowest BCUT2D eigenvalue weighted by atomic mass is 9.93. The number of fused-ring (bicyclic) bond motifs is 5. The lowest BCUT2D eigenvalue weighted by molar-refractivity contribution is 0.0880. The van der Waals surface area contributed by atoms with Gasteiger partial charge in [0, 0.05) is 45.7 Å². The van der Waals surface area contributed by atoms with Crippen molar-refractivity contribution in [3.8, 4) is 16.9 Å². The van der Waals surface area contributed by atoms with E-state index in [1.807, 2.05) is 60.7 Å². The maximum absolute atomic E-state index is 13.0. The number of hydrogen-bond donors (Lipinski definition) is 3. The zero-order chi connectivity index (χ0) is 24.1. The largest absolute Gasteiger partial charge is 0.508 e. The van der Waals surface area contributed by atoms with E-state index in [0.29, 0.717) is 51.1 Å². The number of benzene rings is 4. The van der Waals surface area contributed by atoms with Crippen LogP contribution in [0, 0.1) is 0 Å². The average Bonchev–Trinajstić information content (AvgIpc) is 3.32. The van der Waals surface area contributed by atoms with E-state index in [0.717, 1.165) is 16.7 Å². The summed E-state index contributed by atoms with van der Waals surface area (Å²) >= 11 is 6.52. The molecule has 0 atom stereocenters. The zero-order valence-corrected chi connectivity index (χ0v) is 19.3. The lowest BCUT2D eigenvalue weighted by Gasteiger charge is -2.13. The summed E-state index contributed by atoms with van der Waals surface area (Å²) in [5.41, 5.74) is 4.56. The van der Waals surface area contributed by atoms with E-state index in [-0.39, 0.29) is 5.75 Å². The molecule has 0 unspecified atom stereocenters. The summed E-state index contributed by atoms with van der Waals surface area (Å²) in [6.07, 6.45) is 0. The summed E-state index contributed by atoms with van der Waals surface area (Å²) in [5, 5.41) is 18.0. The van der Waals surface area contributed by atoms with Gasteiger partial charge in [0.25, 0.3) is 11.8 Å². The number of aromatic hydroxyl groups is 1. The monoisotopic (exact) mass is 481 g/mol. The third-order valence-electron chi connectivity index (χ3n) is 6.42. The Morgan fingerprint density at radius 3 is 2.37 bits per heavy atom. The number of halogens is 1. The number of carbonyl (C=O) groups is 2. The van der Waals surface area contributed by atoms with Gasteiger partial charge in [-0.15, -0.1) is 0 Å². The summed E-state index contributed by atoms with van der Waals surface area (Å²) < 4.78 is 2.11. The van der Waals surface area contributed by atoms with Crippen molar-refractivity contribution >= 4 is 50.9 Å². The second-order valence-corrected chi connectivity index (χ2v) is 8.88. The molecule has 2 amide bonds. The molecule has 5 aromatic rings. The Labute approximate surface area is 205 Å². The second-order valence-electron chi connectivity index (χ2n) is 8.48. The van der Waals surface area contributed by atoms with Crippen molar-refractivity contribution in [3.05, 3.63) is 95.0 Å². The molecule has 1 aromatic heterocycles. The number of phenolic OH excluding ortho intramolecular Hbond substituents is 1. The molecule has 6 nitrogen and oxygen atoms in total. The molecule has 172 valence electrons. The number of hydrogen-bond acceptors (Lipinski definition) is 4. The Hall–Kier alpha value is -4.29. The minimum Gasteiger partial charge on any atom is -0.508 e. The molecule has 1 aliphatic heterocycles. The van der Waals surface area contributed by atoms with Gasteiger partial charge in [0.05, 0.1) is 16.6 Å². The fourth-order valence-electron chi connectivity index (χ4n) is 4.94. The van der Waals surface area contributed by atoms with Crippen LogP contribution in [0.4, 0.5) is 5.69 Å². The van der Waals surface area contributed by atoms with Crippen LogP contribution in [0.25, 0.3) is 32.9 Å². The fraction of sp³-hybridized carbons (Fsp3) is 0.0714. The molecule has 6 rings (SSSR count). The van der Waals surface area contributed by atoms with Crippen LogP contribution >= 0.6 is 11.6 Å². The molecule has 0 bridgehead atoms. The normalized spacial score (nSPS) is 12.8. The highest BCUT2D eigenvalue weighted by atomic mass is 35.5. The van der Waals surface area contributed by atoms with Gasteiger partial charge in [-0.25, -0.2) is 0 Å². The van der Waals surface area contributed by atoms with Gasteiger partial charge in [-0.2, -0.15) is 0 Å². The Morgan fingerprint density at radius 1 is 0.829 bits per heavy atom. The minimum atomic E-state index is -0.450. The third kappa shape index (κ3) is 3.42. The van der Waals surface area contributed by atoms with Gasteiger partial charge >= 0.3 is 0 Å². The van der Waals surface area contributed by atoms with Crippen LogP contribution in [-0.2, 0) is 6.54 Å². The van der Waals surface area contributed by atoms with Crippen molar-refractivity contribution in [1.29, 1.82) is 0 Å². The average molecular weight is 482 g/mol. The van der Waals surface area contributed by atoms with E-state index >= 15 is 0 Å². The molecule has 0 spiro atoms. The molecule has 7 heteroatoms. The van der Waals surface area contributed by atoms with Crippen LogP contribution in [0.1, 0.15) is 20.7 Å². The number of aromatic nitrogens is 1. The van der Waals surface area contributed by atoms with E-state index in [1.165, 1.54) is 0 Å². The molecule has 0 fully saturated rings. The molecule has 4 aromatic carbocycles. The molecule has 35 heavy (non-hydrogen) atoms. The molecular weight excluding hydrogens is 462 g/mol. The number of phenols is 1. The number of anilines is 1. The van der Waals surface area contributed by atoms with Crippen molar-refractivity contribution in [1.82, 2.24) is 9.88 Å². The van der Waals surface area contributed by atoms with E-state index in [4.69, 9.17) is 11.6 Å². The predicted octanol–water partition coefficient (Wildman–Crippen LogP) is 5.82. The molecule has 3 N–H and O–H groups in total. The molecule has 2 heterocycles. The third-order valence-corrected chi connectivity index (χ3v) is 6.75. The molecular formula is C28H20ClN3O3. The maximum atomic E-state index is 13.0. The first-order valence-corrected chi connectivity index (χ1v) is 11.6. The van der Waals surface area contributed by atoms with Crippen molar-refractivity contribution in [2.75, 3.05) is 11.9 Å². The number of imide groups is 1. The van der Waals surface area contributed by atoms with Crippen LogP contribution in [0.15, 0.2) is 78.9 Å². The minimum absolute atomic E-state index is 0.0904. The smallest absolute Gasteiger partial charge is 0.259 e. The van der Waals surface area contributed by atoms with Gasteiger partial charge in [0.1, 0.15) is 5.75 Å². The Balaban J connectivity index is 1.62. The van der Waals surface area contributed by atoms with Crippen LogP contribution in [0.3, 0.4) is 0 Å². The molecule has 0 saturated carbocycles. The maximum Gasteiger partial charge on any atom is 0.259 e. The predicted molar refractivity (Wildman–Crippen MR) is 138 cm³/mol.